The van der Waals surface area contributed by atoms with Crippen LogP contribution in [0.3, 0.4) is 0 Å². The summed E-state index contributed by atoms with van der Waals surface area (Å²) < 4.78 is 27.8. The van der Waals surface area contributed by atoms with Crippen LogP contribution in [0.25, 0.3) is 11.1 Å². The van der Waals surface area contributed by atoms with E-state index in [9.17, 15) is 9.59 Å². The summed E-state index contributed by atoms with van der Waals surface area (Å²) in [6, 6.07) is 17.0. The topological polar surface area (TPSA) is 80.3 Å². The minimum atomic E-state index is -0.382. The van der Waals surface area contributed by atoms with Gasteiger partial charge in [-0.25, -0.2) is 0 Å². The Morgan fingerprint density at radius 1 is 0.955 bits per heavy atom. The molecule has 0 radical (unpaired) electrons. The molecule has 0 spiro atoms. The molecule has 0 amide bonds. The maximum absolute atomic E-state index is 12.4. The summed E-state index contributed by atoms with van der Waals surface area (Å²) in [6.07, 6.45) is 2.97. The van der Waals surface area contributed by atoms with Gasteiger partial charge in [0.05, 0.1) is 18.9 Å². The number of methoxy groups -OCH3 is 1. The Morgan fingerprint density at radius 3 is 2.50 bits per heavy atom. The van der Waals surface area contributed by atoms with Gasteiger partial charge in [0, 0.05) is 36.7 Å². The fraction of sp³-hybridized carbons (Fsp3) is 0.444. The molecule has 3 aromatic rings. The predicted octanol–water partition coefficient (Wildman–Crippen LogP) is 7.73. The van der Waals surface area contributed by atoms with E-state index in [1.807, 2.05) is 6.07 Å². The van der Waals surface area contributed by atoms with Gasteiger partial charge in [-0.15, -0.1) is 11.8 Å². The lowest BCUT2D eigenvalue weighted by Gasteiger charge is -2.19. The first-order chi connectivity index (χ1) is 21.2. The van der Waals surface area contributed by atoms with Crippen LogP contribution < -0.4 is 9.47 Å². The Balaban J connectivity index is 1.24. The van der Waals surface area contributed by atoms with Crippen molar-refractivity contribution in [3.63, 3.8) is 0 Å². The second-order valence-corrected chi connectivity index (χ2v) is 12.9. The zero-order valence-corrected chi connectivity index (χ0v) is 27.1. The van der Waals surface area contributed by atoms with Crippen LogP contribution in [0, 0.1) is 19.8 Å². The standard InChI is InChI=1S/C36H42O7S/c1-22(2)36(38)42-21-41-34(37)18-25-20-44-33-19-26(10-11-28(25)33)43-32-13-12-29-30(32)8-6-9-31(29)35-23(3)16-27(17-24(35)4)40-15-7-14-39-5/h6,8-11,16-17,19,22,25,32H,7,12-15,18,20-21H2,1-5H3. The van der Waals surface area contributed by atoms with Crippen molar-refractivity contribution in [2.24, 2.45) is 5.92 Å². The molecule has 1 aliphatic heterocycles. The minimum Gasteiger partial charge on any atom is -0.493 e. The normalized spacial score (nSPS) is 16.9. The van der Waals surface area contributed by atoms with Gasteiger partial charge in [-0.2, -0.15) is 0 Å². The number of benzene rings is 3. The van der Waals surface area contributed by atoms with Crippen molar-refractivity contribution < 1.29 is 33.3 Å². The maximum atomic E-state index is 12.4. The first kappa shape index (κ1) is 31.9. The Hall–Kier alpha value is -3.49. The van der Waals surface area contributed by atoms with Gasteiger partial charge in [0.25, 0.3) is 0 Å². The van der Waals surface area contributed by atoms with E-state index >= 15 is 0 Å². The molecule has 0 bridgehead atoms. The average molecular weight is 619 g/mol. The number of hydrogen-bond donors (Lipinski definition) is 0. The van der Waals surface area contributed by atoms with Crippen LogP contribution in [-0.2, 0) is 30.2 Å². The Morgan fingerprint density at radius 2 is 1.75 bits per heavy atom. The number of fused-ring (bicyclic) bond motifs is 2. The van der Waals surface area contributed by atoms with E-state index in [-0.39, 0.29) is 43.1 Å². The zero-order valence-electron chi connectivity index (χ0n) is 26.3. The van der Waals surface area contributed by atoms with E-state index in [0.717, 1.165) is 47.0 Å². The zero-order chi connectivity index (χ0) is 31.2. The fourth-order valence-electron chi connectivity index (χ4n) is 6.04. The summed E-state index contributed by atoms with van der Waals surface area (Å²) in [5.41, 5.74) is 8.67. The quantitative estimate of drug-likeness (QED) is 0.109. The van der Waals surface area contributed by atoms with E-state index < -0.39 is 0 Å². The Bertz CT molecular complexity index is 1470. The highest BCUT2D eigenvalue weighted by Crippen LogP contribution is 2.46. The third-order valence-corrected chi connectivity index (χ3v) is 9.44. The Labute approximate surface area is 264 Å². The summed E-state index contributed by atoms with van der Waals surface area (Å²) in [5, 5.41) is 0. The van der Waals surface area contributed by atoms with Gasteiger partial charge < -0.3 is 23.7 Å². The van der Waals surface area contributed by atoms with Crippen molar-refractivity contribution in [2.75, 3.05) is 32.9 Å². The number of carbonyl (C=O) groups excluding carboxylic acids is 2. The summed E-state index contributed by atoms with van der Waals surface area (Å²) in [5.74, 6) is 1.58. The second-order valence-electron chi connectivity index (χ2n) is 11.8. The summed E-state index contributed by atoms with van der Waals surface area (Å²) in [4.78, 5) is 25.1. The van der Waals surface area contributed by atoms with Gasteiger partial charge >= 0.3 is 11.9 Å². The number of ether oxygens (including phenoxy) is 5. The maximum Gasteiger partial charge on any atom is 0.311 e. The summed E-state index contributed by atoms with van der Waals surface area (Å²) >= 11 is 1.73. The molecule has 1 heterocycles. The lowest BCUT2D eigenvalue weighted by Crippen LogP contribution is -2.17. The van der Waals surface area contributed by atoms with E-state index in [0.29, 0.717) is 13.2 Å². The highest BCUT2D eigenvalue weighted by atomic mass is 32.2. The fourth-order valence-corrected chi connectivity index (χ4v) is 7.32. The van der Waals surface area contributed by atoms with Crippen LogP contribution in [0.4, 0.5) is 0 Å². The highest BCUT2D eigenvalue weighted by Gasteiger charge is 2.30. The van der Waals surface area contributed by atoms with Crippen LogP contribution in [-0.4, -0.2) is 44.8 Å². The molecule has 3 aromatic carbocycles. The monoisotopic (exact) mass is 618 g/mol. The minimum absolute atomic E-state index is 0.0160. The van der Waals surface area contributed by atoms with Crippen LogP contribution in [0.5, 0.6) is 11.5 Å². The van der Waals surface area contributed by atoms with Crippen LogP contribution >= 0.6 is 11.8 Å². The first-order valence-electron chi connectivity index (χ1n) is 15.4. The average Bonchev–Trinajstić information content (AvgIpc) is 3.59. The summed E-state index contributed by atoms with van der Waals surface area (Å²) in [6.45, 7) is 8.78. The number of esters is 2. The third kappa shape index (κ3) is 7.41. The number of rotatable bonds is 13. The molecule has 0 saturated heterocycles. The molecular weight excluding hydrogens is 576 g/mol. The van der Waals surface area contributed by atoms with Crippen molar-refractivity contribution in [2.45, 2.75) is 70.3 Å². The molecule has 0 aromatic heterocycles. The van der Waals surface area contributed by atoms with Crippen LogP contribution in [0.2, 0.25) is 0 Å². The van der Waals surface area contributed by atoms with Crippen molar-refractivity contribution in [3.05, 3.63) is 76.3 Å². The predicted molar refractivity (Wildman–Crippen MR) is 171 cm³/mol. The summed E-state index contributed by atoms with van der Waals surface area (Å²) in [7, 11) is 1.71. The van der Waals surface area contributed by atoms with Crippen LogP contribution in [0.1, 0.15) is 72.9 Å². The molecule has 0 N–H and O–H groups in total. The van der Waals surface area contributed by atoms with Gasteiger partial charge in [0.1, 0.15) is 17.6 Å². The van der Waals surface area contributed by atoms with Crippen molar-refractivity contribution >= 4 is 23.7 Å². The number of hydrogen-bond acceptors (Lipinski definition) is 8. The molecule has 2 unspecified atom stereocenters. The molecule has 234 valence electrons. The molecule has 44 heavy (non-hydrogen) atoms. The molecule has 2 atom stereocenters. The molecule has 5 rings (SSSR count). The molecular formula is C36H42O7S. The van der Waals surface area contributed by atoms with E-state index in [1.165, 1.54) is 33.4 Å². The largest absolute Gasteiger partial charge is 0.493 e. The number of aryl methyl sites for hydroxylation is 2. The van der Waals surface area contributed by atoms with Crippen molar-refractivity contribution in [3.8, 4) is 22.6 Å². The van der Waals surface area contributed by atoms with Gasteiger partial charge in [0.2, 0.25) is 6.79 Å². The second kappa shape index (κ2) is 14.5. The van der Waals surface area contributed by atoms with E-state index in [2.05, 4.69) is 56.3 Å². The molecule has 8 heteroatoms. The smallest absolute Gasteiger partial charge is 0.311 e. The molecule has 2 aliphatic rings. The lowest BCUT2D eigenvalue weighted by molar-refractivity contribution is -0.169. The SMILES string of the molecule is COCCCOc1cc(C)c(-c2cccc3c2CCC3Oc2ccc3c(c2)SCC3CC(=O)OCOC(=O)C(C)C)c(C)c1. The number of thioether (sulfide) groups is 1. The van der Waals surface area contributed by atoms with Crippen molar-refractivity contribution in [1.29, 1.82) is 0 Å². The van der Waals surface area contributed by atoms with Gasteiger partial charge in [0.15, 0.2) is 0 Å². The van der Waals surface area contributed by atoms with Crippen LogP contribution in [0.15, 0.2) is 53.4 Å². The molecule has 0 saturated carbocycles. The third-order valence-electron chi connectivity index (χ3n) is 8.20. The van der Waals surface area contributed by atoms with E-state index in [4.69, 9.17) is 23.7 Å². The molecule has 1 aliphatic carbocycles. The van der Waals surface area contributed by atoms with Gasteiger partial charge in [-0.3, -0.25) is 9.59 Å². The molecule has 0 fully saturated rings. The van der Waals surface area contributed by atoms with E-state index in [1.54, 1.807) is 32.7 Å². The lowest BCUT2D eigenvalue weighted by atomic mass is 9.90. The highest BCUT2D eigenvalue weighted by molar-refractivity contribution is 7.99. The molecule has 7 nitrogen and oxygen atoms in total. The van der Waals surface area contributed by atoms with Gasteiger partial charge in [-0.1, -0.05) is 38.1 Å². The van der Waals surface area contributed by atoms with Gasteiger partial charge in [-0.05, 0) is 89.9 Å². The van der Waals surface area contributed by atoms with Crippen molar-refractivity contribution in [1.82, 2.24) is 0 Å². The Kier molecular flexibility index (Phi) is 10.5. The number of carbonyl (C=O) groups is 2. The first-order valence-corrected chi connectivity index (χ1v) is 16.3.